The van der Waals surface area contributed by atoms with E-state index in [2.05, 4.69) is 10.2 Å². The number of benzene rings is 3. The number of azo groups is 1. The third-order valence-corrected chi connectivity index (χ3v) is 4.40. The maximum atomic E-state index is 11.5. The van der Waals surface area contributed by atoms with Crippen LogP contribution in [0.15, 0.2) is 69.7 Å². The number of phenols is 1. The molecular formula is C17H14N2O4S. The van der Waals surface area contributed by atoms with Crippen molar-refractivity contribution in [2.75, 3.05) is 0 Å². The van der Waals surface area contributed by atoms with Gasteiger partial charge in [0.2, 0.25) is 0 Å². The molecule has 0 fully saturated rings. The molecule has 7 heteroatoms. The molecule has 0 aliphatic carbocycles. The topological polar surface area (TPSA) is 99.3 Å². The van der Waals surface area contributed by atoms with Gasteiger partial charge in [-0.15, -0.1) is 5.11 Å². The third kappa shape index (κ3) is 3.12. The van der Waals surface area contributed by atoms with Gasteiger partial charge < -0.3 is 5.11 Å². The van der Waals surface area contributed by atoms with Crippen LogP contribution in [-0.2, 0) is 10.1 Å². The lowest BCUT2D eigenvalue weighted by molar-refractivity contribution is 0.468. The molecule has 3 aromatic carbocycles. The fraction of sp³-hybridized carbons (Fsp3) is 0.0588. The monoisotopic (exact) mass is 342 g/mol. The summed E-state index contributed by atoms with van der Waals surface area (Å²) in [6.07, 6.45) is 0. The average Bonchev–Trinajstić information content (AvgIpc) is 2.52. The van der Waals surface area contributed by atoms with E-state index in [0.29, 0.717) is 11.1 Å². The first-order valence-electron chi connectivity index (χ1n) is 7.07. The van der Waals surface area contributed by atoms with Crippen molar-refractivity contribution in [3.05, 3.63) is 60.2 Å². The van der Waals surface area contributed by atoms with Gasteiger partial charge in [0.1, 0.15) is 16.3 Å². The van der Waals surface area contributed by atoms with Crippen molar-refractivity contribution in [2.45, 2.75) is 11.8 Å². The molecule has 0 spiro atoms. The summed E-state index contributed by atoms with van der Waals surface area (Å²) in [6, 6.07) is 14.8. The van der Waals surface area contributed by atoms with Gasteiger partial charge in [-0.25, -0.2) is 0 Å². The summed E-state index contributed by atoms with van der Waals surface area (Å²) in [7, 11) is -4.47. The van der Waals surface area contributed by atoms with Gasteiger partial charge in [0, 0.05) is 16.8 Å². The number of phenolic OH excluding ortho intramolecular Hbond substituents is 1. The number of aryl methyl sites for hydroxylation is 1. The van der Waals surface area contributed by atoms with E-state index < -0.39 is 10.1 Å². The Morgan fingerprint density at radius 3 is 2.29 bits per heavy atom. The molecule has 0 unspecified atom stereocenters. The fourth-order valence-corrected chi connectivity index (χ4v) is 3.15. The lowest BCUT2D eigenvalue weighted by Gasteiger charge is -2.08. The van der Waals surface area contributed by atoms with Crippen molar-refractivity contribution in [1.29, 1.82) is 0 Å². The summed E-state index contributed by atoms with van der Waals surface area (Å²) in [4.78, 5) is -0.370. The van der Waals surface area contributed by atoms with E-state index in [-0.39, 0.29) is 21.7 Å². The third-order valence-electron chi connectivity index (χ3n) is 3.50. The van der Waals surface area contributed by atoms with Gasteiger partial charge in [0.05, 0.1) is 5.69 Å². The molecule has 0 atom stereocenters. The molecule has 122 valence electrons. The second-order valence-electron chi connectivity index (χ2n) is 5.30. The molecular weight excluding hydrogens is 328 g/mol. The summed E-state index contributed by atoms with van der Waals surface area (Å²) >= 11 is 0. The van der Waals surface area contributed by atoms with Crippen LogP contribution in [0.5, 0.6) is 5.75 Å². The van der Waals surface area contributed by atoms with E-state index in [4.69, 9.17) is 0 Å². The average molecular weight is 342 g/mol. The number of rotatable bonds is 3. The van der Waals surface area contributed by atoms with Crippen LogP contribution in [0.3, 0.4) is 0 Å². The lowest BCUT2D eigenvalue weighted by atomic mass is 10.1. The van der Waals surface area contributed by atoms with E-state index in [1.54, 1.807) is 24.3 Å². The maximum Gasteiger partial charge on any atom is 0.295 e. The molecule has 6 nitrogen and oxygen atoms in total. The highest BCUT2D eigenvalue weighted by molar-refractivity contribution is 7.86. The van der Waals surface area contributed by atoms with E-state index in [9.17, 15) is 18.1 Å². The zero-order valence-corrected chi connectivity index (χ0v) is 13.5. The molecule has 0 bridgehead atoms. The lowest BCUT2D eigenvalue weighted by Crippen LogP contribution is -1.99. The normalized spacial score (nSPS) is 12.1. The molecule has 0 saturated carbocycles. The van der Waals surface area contributed by atoms with Gasteiger partial charge >= 0.3 is 0 Å². The highest BCUT2D eigenvalue weighted by Crippen LogP contribution is 2.39. The molecule has 0 aliphatic rings. The SMILES string of the molecule is Cc1cccc(N=Nc2c(O)cc(S(=O)(=O)O)c3ccccc23)c1. The predicted molar refractivity (Wildman–Crippen MR) is 90.8 cm³/mol. The van der Waals surface area contributed by atoms with Crippen LogP contribution in [-0.4, -0.2) is 18.1 Å². The molecule has 24 heavy (non-hydrogen) atoms. The summed E-state index contributed by atoms with van der Waals surface area (Å²) < 4.78 is 32.4. The smallest absolute Gasteiger partial charge is 0.295 e. The Morgan fingerprint density at radius 2 is 1.62 bits per heavy atom. The number of nitrogens with zero attached hydrogens (tertiary/aromatic N) is 2. The van der Waals surface area contributed by atoms with Crippen LogP contribution in [0.4, 0.5) is 11.4 Å². The standard InChI is InChI=1S/C17H14N2O4S/c1-11-5-4-6-12(9-11)18-19-17-14-8-3-2-7-13(14)16(10-15(17)20)24(21,22)23/h2-10,20H,1H3,(H,21,22,23). The molecule has 0 aromatic heterocycles. The van der Waals surface area contributed by atoms with Crippen LogP contribution in [0.1, 0.15) is 5.56 Å². The largest absolute Gasteiger partial charge is 0.506 e. The van der Waals surface area contributed by atoms with Crippen LogP contribution in [0, 0.1) is 6.92 Å². The van der Waals surface area contributed by atoms with Crippen LogP contribution >= 0.6 is 0 Å². The van der Waals surface area contributed by atoms with Crippen LogP contribution < -0.4 is 0 Å². The molecule has 0 saturated heterocycles. The van der Waals surface area contributed by atoms with Crippen molar-refractivity contribution < 1.29 is 18.1 Å². The van der Waals surface area contributed by atoms with E-state index >= 15 is 0 Å². The zero-order chi connectivity index (χ0) is 17.3. The molecule has 0 aliphatic heterocycles. The Kier molecular flexibility index (Phi) is 4.04. The first-order chi connectivity index (χ1) is 11.4. The minimum Gasteiger partial charge on any atom is -0.506 e. The van der Waals surface area contributed by atoms with Gasteiger partial charge in [-0.1, -0.05) is 36.4 Å². The van der Waals surface area contributed by atoms with Crippen molar-refractivity contribution in [3.8, 4) is 5.75 Å². The minimum absolute atomic E-state index is 0.138. The molecule has 3 rings (SSSR count). The number of hydrogen-bond acceptors (Lipinski definition) is 5. The zero-order valence-electron chi connectivity index (χ0n) is 12.7. The maximum absolute atomic E-state index is 11.5. The number of hydrogen-bond donors (Lipinski definition) is 2. The highest BCUT2D eigenvalue weighted by Gasteiger charge is 2.19. The number of aromatic hydroxyl groups is 1. The van der Waals surface area contributed by atoms with Crippen molar-refractivity contribution >= 4 is 32.3 Å². The Labute approximate surface area is 138 Å². The molecule has 3 aromatic rings. The summed E-state index contributed by atoms with van der Waals surface area (Å²) in [5.41, 5.74) is 1.76. The quantitative estimate of drug-likeness (QED) is 0.540. The molecule has 0 radical (unpaired) electrons. The highest BCUT2D eigenvalue weighted by atomic mass is 32.2. The van der Waals surface area contributed by atoms with Gasteiger partial charge in [0.25, 0.3) is 10.1 Å². The van der Waals surface area contributed by atoms with Crippen molar-refractivity contribution in [3.63, 3.8) is 0 Å². The first kappa shape index (κ1) is 16.1. The number of fused-ring (bicyclic) bond motifs is 1. The Morgan fingerprint density at radius 1 is 0.917 bits per heavy atom. The Balaban J connectivity index is 2.21. The molecule has 2 N–H and O–H groups in total. The summed E-state index contributed by atoms with van der Waals surface area (Å²) in [6.45, 7) is 1.92. The Bertz CT molecular complexity index is 1060. The van der Waals surface area contributed by atoms with E-state index in [0.717, 1.165) is 11.6 Å². The second kappa shape index (κ2) is 6.03. The summed E-state index contributed by atoms with van der Waals surface area (Å²) in [5.74, 6) is -0.377. The van der Waals surface area contributed by atoms with Crippen LogP contribution in [0.25, 0.3) is 10.8 Å². The van der Waals surface area contributed by atoms with Gasteiger partial charge in [-0.2, -0.15) is 13.5 Å². The van der Waals surface area contributed by atoms with Crippen molar-refractivity contribution in [2.24, 2.45) is 10.2 Å². The molecule has 0 heterocycles. The Hall–Kier alpha value is -2.77. The van der Waals surface area contributed by atoms with E-state index in [1.165, 1.54) is 6.07 Å². The minimum atomic E-state index is -4.47. The van der Waals surface area contributed by atoms with Gasteiger partial charge in [0.15, 0.2) is 0 Å². The van der Waals surface area contributed by atoms with Crippen LogP contribution in [0.2, 0.25) is 0 Å². The fourth-order valence-electron chi connectivity index (χ4n) is 2.43. The van der Waals surface area contributed by atoms with Gasteiger partial charge in [-0.3, -0.25) is 4.55 Å². The van der Waals surface area contributed by atoms with Gasteiger partial charge in [-0.05, 0) is 24.6 Å². The summed E-state index contributed by atoms with van der Waals surface area (Å²) in [5, 5.41) is 19.0. The second-order valence-corrected chi connectivity index (χ2v) is 6.69. The molecule has 0 amide bonds. The first-order valence-corrected chi connectivity index (χ1v) is 8.51. The van der Waals surface area contributed by atoms with E-state index in [1.807, 2.05) is 25.1 Å². The predicted octanol–water partition coefficient (Wildman–Crippen LogP) is 4.52. The van der Waals surface area contributed by atoms with Crippen molar-refractivity contribution in [1.82, 2.24) is 0 Å².